The third-order valence-electron chi connectivity index (χ3n) is 4.01. The van der Waals surface area contributed by atoms with Gasteiger partial charge in [-0.05, 0) is 48.1 Å². The van der Waals surface area contributed by atoms with Crippen molar-refractivity contribution in [1.29, 1.82) is 0 Å². The minimum atomic E-state index is 0. The van der Waals surface area contributed by atoms with E-state index in [2.05, 4.69) is 47.0 Å². The summed E-state index contributed by atoms with van der Waals surface area (Å²) in [7, 11) is 1.78. The molecule has 1 aliphatic rings. The molecule has 0 aliphatic carbocycles. The maximum atomic E-state index is 5.41. The topological polar surface area (TPSA) is 54.9 Å². The highest BCUT2D eigenvalue weighted by Gasteiger charge is 2.13. The molecule has 0 atom stereocenters. The lowest BCUT2D eigenvalue weighted by atomic mass is 10.1. The lowest BCUT2D eigenvalue weighted by molar-refractivity contribution is 0.174. The number of aryl methyl sites for hydroxylation is 1. The van der Waals surface area contributed by atoms with Gasteiger partial charge >= 0.3 is 0 Å². The zero-order valence-corrected chi connectivity index (χ0v) is 18.3. The monoisotopic (exact) mass is 485 g/mol. The highest BCUT2D eigenvalue weighted by atomic mass is 127. The van der Waals surface area contributed by atoms with Crippen LogP contribution in [0.1, 0.15) is 16.7 Å². The molecule has 7 heteroatoms. The predicted octanol–water partition coefficient (Wildman–Crippen LogP) is 3.93. The number of hydrogen-bond donors (Lipinski definition) is 2. The quantitative estimate of drug-likeness (QED) is 0.291. The third-order valence-corrected chi connectivity index (χ3v) is 4.83. The van der Waals surface area contributed by atoms with E-state index < -0.39 is 0 Å². The molecule has 0 aromatic heterocycles. The Kier molecular flexibility index (Phi) is 7.89. The van der Waals surface area contributed by atoms with Crippen LogP contribution in [-0.4, -0.2) is 26.1 Å². The van der Waals surface area contributed by atoms with Crippen molar-refractivity contribution in [3.63, 3.8) is 0 Å². The maximum Gasteiger partial charge on any atom is 0.231 e. The van der Waals surface area contributed by atoms with E-state index in [-0.39, 0.29) is 24.0 Å². The number of rotatable bonds is 5. The van der Waals surface area contributed by atoms with Crippen LogP contribution in [0.4, 0.5) is 0 Å². The maximum absolute atomic E-state index is 5.41. The van der Waals surface area contributed by atoms with Gasteiger partial charge in [0.05, 0.1) is 0 Å². The SMILES string of the molecule is CN=C(NCc1ccc2c(c1)OCO2)NCc1ccc(C)cc1SC.I. The average Bonchev–Trinajstić information content (AvgIpc) is 3.10. The molecule has 1 heterocycles. The van der Waals surface area contributed by atoms with Gasteiger partial charge in [-0.25, -0.2) is 0 Å². The molecule has 2 aromatic rings. The summed E-state index contributed by atoms with van der Waals surface area (Å²) in [5.74, 6) is 2.37. The normalized spacial score (nSPS) is 12.5. The number of nitrogens with one attached hydrogen (secondary N) is 2. The van der Waals surface area contributed by atoms with Crippen molar-refractivity contribution in [2.45, 2.75) is 24.9 Å². The van der Waals surface area contributed by atoms with E-state index in [1.54, 1.807) is 18.8 Å². The van der Waals surface area contributed by atoms with E-state index in [1.807, 2.05) is 18.2 Å². The summed E-state index contributed by atoms with van der Waals surface area (Å²) < 4.78 is 10.8. The Morgan fingerprint density at radius 1 is 1.08 bits per heavy atom. The number of fused-ring (bicyclic) bond motifs is 1. The van der Waals surface area contributed by atoms with Crippen molar-refractivity contribution in [3.8, 4) is 11.5 Å². The molecule has 2 aromatic carbocycles. The summed E-state index contributed by atoms with van der Waals surface area (Å²) in [6, 6.07) is 12.5. The first-order valence-electron chi connectivity index (χ1n) is 8.16. The zero-order valence-electron chi connectivity index (χ0n) is 15.2. The number of hydrogen-bond acceptors (Lipinski definition) is 4. The van der Waals surface area contributed by atoms with Crippen LogP contribution in [0.5, 0.6) is 11.5 Å². The van der Waals surface area contributed by atoms with Gasteiger partial charge in [0, 0.05) is 25.0 Å². The second kappa shape index (κ2) is 9.91. The largest absolute Gasteiger partial charge is 0.454 e. The number of ether oxygens (including phenoxy) is 2. The Bertz CT molecular complexity index is 783. The first-order valence-corrected chi connectivity index (χ1v) is 9.38. The van der Waals surface area contributed by atoms with Crippen molar-refractivity contribution in [2.75, 3.05) is 20.1 Å². The minimum absolute atomic E-state index is 0. The highest BCUT2D eigenvalue weighted by Crippen LogP contribution is 2.32. The van der Waals surface area contributed by atoms with Crippen LogP contribution in [0.2, 0.25) is 0 Å². The standard InChI is InChI=1S/C19H23N3O2S.HI/c1-13-4-6-15(18(8-13)25-3)11-22-19(20-2)21-10-14-5-7-16-17(9-14)24-12-23-16;/h4-9H,10-12H2,1-3H3,(H2,20,21,22);1H. The summed E-state index contributed by atoms with van der Waals surface area (Å²) in [6.45, 7) is 3.81. The molecule has 3 rings (SSSR count). The van der Waals surface area contributed by atoms with E-state index in [0.29, 0.717) is 13.3 Å². The fourth-order valence-corrected chi connectivity index (χ4v) is 3.34. The lowest BCUT2D eigenvalue weighted by Crippen LogP contribution is -2.36. The van der Waals surface area contributed by atoms with Crippen LogP contribution >= 0.6 is 35.7 Å². The summed E-state index contributed by atoms with van der Waals surface area (Å²) in [4.78, 5) is 5.59. The van der Waals surface area contributed by atoms with Gasteiger partial charge in [-0.15, -0.1) is 35.7 Å². The molecule has 0 saturated heterocycles. The molecule has 0 radical (unpaired) electrons. The van der Waals surface area contributed by atoms with Gasteiger partial charge in [-0.1, -0.05) is 18.2 Å². The lowest BCUT2D eigenvalue weighted by Gasteiger charge is -2.14. The van der Waals surface area contributed by atoms with Crippen molar-refractivity contribution in [3.05, 3.63) is 53.1 Å². The van der Waals surface area contributed by atoms with Gasteiger partial charge in [0.25, 0.3) is 0 Å². The third kappa shape index (κ3) is 5.20. The van der Waals surface area contributed by atoms with Crippen LogP contribution in [-0.2, 0) is 13.1 Å². The molecule has 0 amide bonds. The van der Waals surface area contributed by atoms with Gasteiger partial charge in [-0.2, -0.15) is 0 Å². The minimum Gasteiger partial charge on any atom is -0.454 e. The van der Waals surface area contributed by atoms with Crippen molar-refractivity contribution < 1.29 is 9.47 Å². The Hall–Kier alpha value is -1.61. The number of thioether (sulfide) groups is 1. The molecule has 1 aliphatic heterocycles. The Labute approximate surface area is 176 Å². The smallest absolute Gasteiger partial charge is 0.231 e. The van der Waals surface area contributed by atoms with E-state index in [4.69, 9.17) is 9.47 Å². The molecule has 26 heavy (non-hydrogen) atoms. The Morgan fingerprint density at radius 2 is 1.85 bits per heavy atom. The fourth-order valence-electron chi connectivity index (χ4n) is 2.63. The summed E-state index contributed by atoms with van der Waals surface area (Å²) >= 11 is 1.76. The fraction of sp³-hybridized carbons (Fsp3) is 0.316. The predicted molar refractivity (Wildman–Crippen MR) is 118 cm³/mol. The summed E-state index contributed by atoms with van der Waals surface area (Å²) in [5.41, 5.74) is 3.66. The van der Waals surface area contributed by atoms with E-state index in [9.17, 15) is 0 Å². The number of benzene rings is 2. The zero-order chi connectivity index (χ0) is 17.6. The van der Waals surface area contributed by atoms with E-state index in [0.717, 1.165) is 29.6 Å². The van der Waals surface area contributed by atoms with Crippen LogP contribution in [0.15, 0.2) is 46.3 Å². The van der Waals surface area contributed by atoms with Crippen LogP contribution in [0, 0.1) is 6.92 Å². The first-order chi connectivity index (χ1) is 12.2. The van der Waals surface area contributed by atoms with Crippen LogP contribution < -0.4 is 20.1 Å². The molecule has 2 N–H and O–H groups in total. The highest BCUT2D eigenvalue weighted by molar-refractivity contribution is 14.0. The van der Waals surface area contributed by atoms with Gasteiger partial charge < -0.3 is 20.1 Å². The Morgan fingerprint density at radius 3 is 2.62 bits per heavy atom. The van der Waals surface area contributed by atoms with Gasteiger partial charge in [0.15, 0.2) is 17.5 Å². The number of guanidine groups is 1. The second-order valence-corrected chi connectivity index (χ2v) is 6.63. The first kappa shape index (κ1) is 20.7. The van der Waals surface area contributed by atoms with Crippen LogP contribution in [0.25, 0.3) is 0 Å². The molecule has 0 bridgehead atoms. The number of aliphatic imine (C=N–C) groups is 1. The van der Waals surface area contributed by atoms with Gasteiger partial charge in [0.2, 0.25) is 6.79 Å². The van der Waals surface area contributed by atoms with E-state index in [1.165, 1.54) is 16.0 Å². The molecule has 5 nitrogen and oxygen atoms in total. The van der Waals surface area contributed by atoms with Crippen molar-refractivity contribution in [2.24, 2.45) is 4.99 Å². The summed E-state index contributed by atoms with van der Waals surface area (Å²) in [5, 5.41) is 6.70. The van der Waals surface area contributed by atoms with Gasteiger partial charge in [-0.3, -0.25) is 4.99 Å². The Balaban J connectivity index is 0.00000243. The second-order valence-electron chi connectivity index (χ2n) is 5.78. The average molecular weight is 485 g/mol. The molecular weight excluding hydrogens is 461 g/mol. The molecular formula is C19H24IN3O2S. The van der Waals surface area contributed by atoms with Crippen molar-refractivity contribution >= 4 is 41.7 Å². The molecule has 0 fully saturated rings. The molecule has 140 valence electrons. The number of nitrogens with zero attached hydrogens (tertiary/aromatic N) is 1. The van der Waals surface area contributed by atoms with Gasteiger partial charge in [0.1, 0.15) is 0 Å². The summed E-state index contributed by atoms with van der Waals surface area (Å²) in [6.07, 6.45) is 2.10. The van der Waals surface area contributed by atoms with E-state index >= 15 is 0 Å². The molecule has 0 spiro atoms. The molecule has 0 unspecified atom stereocenters. The molecule has 0 saturated carbocycles. The van der Waals surface area contributed by atoms with Crippen LogP contribution in [0.3, 0.4) is 0 Å². The number of halogens is 1. The van der Waals surface area contributed by atoms with Crippen molar-refractivity contribution in [1.82, 2.24) is 10.6 Å².